The Morgan fingerprint density at radius 2 is 2.10 bits per heavy atom. The minimum Gasteiger partial charge on any atom is -0.497 e. The molecule has 0 aliphatic carbocycles. The van der Waals surface area contributed by atoms with Gasteiger partial charge in [0, 0.05) is 18.0 Å². The van der Waals surface area contributed by atoms with E-state index < -0.39 is 0 Å². The van der Waals surface area contributed by atoms with Crippen LogP contribution < -0.4 is 9.47 Å². The zero-order valence-corrected chi connectivity index (χ0v) is 10.8. The van der Waals surface area contributed by atoms with Crippen molar-refractivity contribution in [2.75, 3.05) is 7.11 Å². The van der Waals surface area contributed by atoms with Gasteiger partial charge in [0.1, 0.15) is 17.8 Å². The van der Waals surface area contributed by atoms with Crippen LogP contribution in [-0.2, 0) is 6.61 Å². The molecule has 2 N–H and O–H groups in total. The van der Waals surface area contributed by atoms with Crippen molar-refractivity contribution in [1.29, 1.82) is 0 Å². The summed E-state index contributed by atoms with van der Waals surface area (Å²) in [5.41, 5.74) is 1.45. The molecule has 6 nitrogen and oxygen atoms in total. The average Bonchev–Trinajstić information content (AvgIpc) is 2.95. The van der Waals surface area contributed by atoms with Crippen molar-refractivity contribution >= 4 is 10.9 Å². The van der Waals surface area contributed by atoms with Gasteiger partial charge in [-0.3, -0.25) is 0 Å². The summed E-state index contributed by atoms with van der Waals surface area (Å²) in [7, 11) is 1.60. The molecule has 1 aromatic carbocycles. The van der Waals surface area contributed by atoms with E-state index in [0.717, 1.165) is 10.9 Å². The van der Waals surface area contributed by atoms with E-state index in [9.17, 15) is 0 Å². The fourth-order valence-corrected chi connectivity index (χ4v) is 1.90. The van der Waals surface area contributed by atoms with Gasteiger partial charge in [0.2, 0.25) is 5.88 Å². The maximum Gasteiger partial charge on any atom is 0.230 e. The summed E-state index contributed by atoms with van der Waals surface area (Å²) < 4.78 is 10.9. The minimum absolute atomic E-state index is 0.0678. The molecule has 2 aromatic heterocycles. The van der Waals surface area contributed by atoms with Crippen LogP contribution >= 0.6 is 0 Å². The molecule has 102 valence electrons. The first-order valence-corrected chi connectivity index (χ1v) is 6.05. The number of hydrogen-bond donors (Lipinski definition) is 2. The van der Waals surface area contributed by atoms with Crippen LogP contribution in [0.2, 0.25) is 0 Å². The maximum absolute atomic E-state index is 9.03. The van der Waals surface area contributed by atoms with E-state index in [0.29, 0.717) is 23.1 Å². The number of aromatic amines is 1. The van der Waals surface area contributed by atoms with Crippen LogP contribution in [0.1, 0.15) is 5.69 Å². The van der Waals surface area contributed by atoms with Crippen LogP contribution in [0.15, 0.2) is 36.8 Å². The zero-order chi connectivity index (χ0) is 13.9. The zero-order valence-electron chi connectivity index (χ0n) is 10.8. The Bertz CT molecular complexity index is 739. The number of aliphatic hydroxyl groups excluding tert-OH is 1. The van der Waals surface area contributed by atoms with E-state index in [1.165, 1.54) is 6.33 Å². The molecule has 0 unspecified atom stereocenters. The minimum atomic E-state index is -0.0678. The number of methoxy groups -OCH3 is 1. The van der Waals surface area contributed by atoms with Crippen molar-refractivity contribution < 1.29 is 14.6 Å². The summed E-state index contributed by atoms with van der Waals surface area (Å²) >= 11 is 0. The van der Waals surface area contributed by atoms with Gasteiger partial charge in [0.25, 0.3) is 0 Å². The lowest BCUT2D eigenvalue weighted by Crippen LogP contribution is -1.91. The monoisotopic (exact) mass is 271 g/mol. The van der Waals surface area contributed by atoms with Crippen molar-refractivity contribution in [1.82, 2.24) is 15.0 Å². The van der Waals surface area contributed by atoms with E-state index in [1.54, 1.807) is 19.4 Å². The third-order valence-corrected chi connectivity index (χ3v) is 2.91. The normalized spacial score (nSPS) is 10.7. The Labute approximate surface area is 115 Å². The number of fused-ring (bicyclic) bond motifs is 1. The van der Waals surface area contributed by atoms with Crippen LogP contribution in [0.3, 0.4) is 0 Å². The molecule has 20 heavy (non-hydrogen) atoms. The summed E-state index contributed by atoms with van der Waals surface area (Å²) in [6, 6.07) is 7.22. The quantitative estimate of drug-likeness (QED) is 0.760. The molecule has 0 amide bonds. The van der Waals surface area contributed by atoms with Crippen LogP contribution in [-0.4, -0.2) is 27.2 Å². The number of rotatable bonds is 4. The Balaban J connectivity index is 2.01. The Morgan fingerprint density at radius 3 is 2.85 bits per heavy atom. The average molecular weight is 271 g/mol. The van der Waals surface area contributed by atoms with Gasteiger partial charge in [-0.2, -0.15) is 0 Å². The number of aliphatic hydroxyl groups is 1. The standard InChI is InChI=1S/C14H13N3O3/c1-19-10-2-3-13-12(5-10)14(17-8-16-13)20-11-4-9(7-18)15-6-11/h2-6,8,15,18H,7H2,1H3. The summed E-state index contributed by atoms with van der Waals surface area (Å²) in [5, 5.41) is 9.79. The molecule has 0 aliphatic rings. The smallest absolute Gasteiger partial charge is 0.230 e. The van der Waals surface area contributed by atoms with E-state index in [-0.39, 0.29) is 6.61 Å². The highest BCUT2D eigenvalue weighted by atomic mass is 16.5. The highest BCUT2D eigenvalue weighted by Crippen LogP contribution is 2.29. The van der Waals surface area contributed by atoms with E-state index >= 15 is 0 Å². The van der Waals surface area contributed by atoms with Crippen molar-refractivity contribution in [3.8, 4) is 17.4 Å². The second-order valence-electron chi connectivity index (χ2n) is 4.18. The number of aromatic nitrogens is 3. The molecule has 0 radical (unpaired) electrons. The SMILES string of the molecule is COc1ccc2ncnc(Oc3c[nH]c(CO)c3)c2c1. The Hall–Kier alpha value is -2.60. The highest BCUT2D eigenvalue weighted by Gasteiger charge is 2.08. The molecular weight excluding hydrogens is 258 g/mol. The third kappa shape index (κ3) is 2.28. The van der Waals surface area contributed by atoms with Gasteiger partial charge in [0.05, 0.1) is 24.6 Å². The largest absolute Gasteiger partial charge is 0.497 e. The van der Waals surface area contributed by atoms with Crippen molar-refractivity contribution in [2.24, 2.45) is 0 Å². The van der Waals surface area contributed by atoms with E-state index in [1.807, 2.05) is 18.2 Å². The number of hydrogen-bond acceptors (Lipinski definition) is 5. The highest BCUT2D eigenvalue weighted by molar-refractivity contribution is 5.84. The van der Waals surface area contributed by atoms with Gasteiger partial charge in [0.15, 0.2) is 0 Å². The molecule has 2 heterocycles. The van der Waals surface area contributed by atoms with Gasteiger partial charge in [-0.25, -0.2) is 9.97 Å². The molecule has 0 bridgehead atoms. The Kier molecular flexibility index (Phi) is 3.22. The number of H-pyrrole nitrogens is 1. The molecule has 0 fully saturated rings. The van der Waals surface area contributed by atoms with Gasteiger partial charge in [-0.15, -0.1) is 0 Å². The number of nitrogens with zero attached hydrogens (tertiary/aromatic N) is 2. The predicted molar refractivity (Wildman–Crippen MR) is 72.9 cm³/mol. The van der Waals surface area contributed by atoms with Crippen molar-refractivity contribution in [3.05, 3.63) is 42.5 Å². The molecule has 0 saturated carbocycles. The molecule has 0 spiro atoms. The molecule has 0 aliphatic heterocycles. The number of nitrogens with one attached hydrogen (secondary N) is 1. The Morgan fingerprint density at radius 1 is 1.20 bits per heavy atom. The molecule has 3 rings (SSSR count). The van der Waals surface area contributed by atoms with Gasteiger partial charge in [-0.1, -0.05) is 0 Å². The van der Waals surface area contributed by atoms with Gasteiger partial charge >= 0.3 is 0 Å². The van der Waals surface area contributed by atoms with E-state index in [4.69, 9.17) is 14.6 Å². The second kappa shape index (κ2) is 5.18. The first kappa shape index (κ1) is 12.4. The number of benzene rings is 1. The van der Waals surface area contributed by atoms with Crippen LogP contribution in [0, 0.1) is 0 Å². The molecule has 0 saturated heterocycles. The summed E-state index contributed by atoms with van der Waals surface area (Å²) in [5.74, 6) is 1.73. The molecule has 0 atom stereocenters. The van der Waals surface area contributed by atoms with Crippen LogP contribution in [0.4, 0.5) is 0 Å². The molecular formula is C14H13N3O3. The lowest BCUT2D eigenvalue weighted by atomic mass is 10.2. The van der Waals surface area contributed by atoms with Crippen molar-refractivity contribution in [2.45, 2.75) is 6.61 Å². The summed E-state index contributed by atoms with van der Waals surface area (Å²) in [6.45, 7) is -0.0678. The molecule has 3 aromatic rings. The first-order valence-electron chi connectivity index (χ1n) is 6.05. The first-order chi connectivity index (χ1) is 9.80. The van der Waals surface area contributed by atoms with Crippen LogP contribution in [0.5, 0.6) is 17.4 Å². The second-order valence-corrected chi connectivity index (χ2v) is 4.18. The summed E-state index contributed by atoms with van der Waals surface area (Å²) in [6.07, 6.45) is 3.11. The number of ether oxygens (including phenoxy) is 2. The lowest BCUT2D eigenvalue weighted by molar-refractivity contribution is 0.277. The summed E-state index contributed by atoms with van der Waals surface area (Å²) in [4.78, 5) is 11.2. The van der Waals surface area contributed by atoms with Crippen LogP contribution in [0.25, 0.3) is 10.9 Å². The fourth-order valence-electron chi connectivity index (χ4n) is 1.90. The predicted octanol–water partition coefficient (Wildman–Crippen LogP) is 2.25. The van der Waals surface area contributed by atoms with Crippen molar-refractivity contribution in [3.63, 3.8) is 0 Å². The molecule has 6 heteroatoms. The van der Waals surface area contributed by atoms with Gasteiger partial charge in [-0.05, 0) is 18.2 Å². The maximum atomic E-state index is 9.03. The van der Waals surface area contributed by atoms with E-state index in [2.05, 4.69) is 15.0 Å². The third-order valence-electron chi connectivity index (χ3n) is 2.91. The fraction of sp³-hybridized carbons (Fsp3) is 0.143. The van der Waals surface area contributed by atoms with Gasteiger partial charge < -0.3 is 19.6 Å². The lowest BCUT2D eigenvalue weighted by Gasteiger charge is -2.07. The topological polar surface area (TPSA) is 80.3 Å².